The smallest absolute Gasteiger partial charge is 0.330 e. The summed E-state index contributed by atoms with van der Waals surface area (Å²) in [5.74, 6) is 0.244. The zero-order chi connectivity index (χ0) is 13.9. The highest BCUT2D eigenvalue weighted by Crippen LogP contribution is 2.20. The Kier molecular flexibility index (Phi) is 3.69. The Balaban J connectivity index is 2.03. The van der Waals surface area contributed by atoms with E-state index in [1.807, 2.05) is 38.1 Å². The molecule has 0 spiro atoms. The molecule has 0 amide bonds. The average Bonchev–Trinajstić information content (AvgIpc) is 2.77. The molecule has 0 fully saturated rings. The Morgan fingerprint density at radius 3 is 2.68 bits per heavy atom. The van der Waals surface area contributed by atoms with Gasteiger partial charge in [-0.25, -0.2) is 9.79 Å². The summed E-state index contributed by atoms with van der Waals surface area (Å²) in [5.41, 5.74) is 1.69. The van der Waals surface area contributed by atoms with Crippen LogP contribution < -0.4 is 0 Å². The van der Waals surface area contributed by atoms with E-state index in [9.17, 15) is 4.79 Å². The van der Waals surface area contributed by atoms with Gasteiger partial charge in [0.15, 0.2) is 0 Å². The van der Waals surface area contributed by atoms with Crippen LogP contribution in [-0.2, 0) is 20.9 Å². The van der Waals surface area contributed by atoms with Gasteiger partial charge >= 0.3 is 5.97 Å². The lowest BCUT2D eigenvalue weighted by Crippen LogP contribution is -2.17. The third-order valence-corrected chi connectivity index (χ3v) is 2.71. The topological polar surface area (TPSA) is 47.9 Å². The molecule has 4 heteroatoms. The summed E-state index contributed by atoms with van der Waals surface area (Å²) in [6.07, 6.45) is 1.15. The van der Waals surface area contributed by atoms with Gasteiger partial charge in [0, 0.05) is 11.6 Å². The van der Waals surface area contributed by atoms with Crippen LogP contribution in [0.2, 0.25) is 0 Å². The fraction of sp³-hybridized carbons (Fsp3) is 0.333. The quantitative estimate of drug-likeness (QED) is 0.616. The maximum atomic E-state index is 11.0. The Morgan fingerprint density at radius 1 is 1.47 bits per heavy atom. The highest BCUT2D eigenvalue weighted by atomic mass is 16.5. The molecule has 0 unspecified atom stereocenters. The fourth-order valence-electron chi connectivity index (χ4n) is 1.69. The summed E-state index contributed by atoms with van der Waals surface area (Å²) in [6.45, 7) is 8.25. The number of hydrogen-bond acceptors (Lipinski definition) is 4. The monoisotopic (exact) mass is 259 g/mol. The molecule has 0 N–H and O–H groups in total. The van der Waals surface area contributed by atoms with Crippen LogP contribution in [0.25, 0.3) is 0 Å². The molecule has 0 aliphatic carbocycles. The second-order valence-corrected chi connectivity index (χ2v) is 5.03. The van der Waals surface area contributed by atoms with Gasteiger partial charge in [0.05, 0.1) is 5.54 Å². The van der Waals surface area contributed by atoms with Gasteiger partial charge in [0.2, 0.25) is 5.90 Å². The molecule has 0 saturated carbocycles. The van der Waals surface area contributed by atoms with Crippen LogP contribution in [0, 0.1) is 0 Å². The molecule has 1 heterocycles. The lowest BCUT2D eigenvalue weighted by molar-refractivity contribution is -0.138. The highest BCUT2D eigenvalue weighted by Gasteiger charge is 2.26. The number of nitrogens with zero attached hydrogens (tertiary/aromatic N) is 1. The van der Waals surface area contributed by atoms with E-state index in [1.54, 1.807) is 0 Å². The molecule has 2 rings (SSSR count). The van der Waals surface area contributed by atoms with Gasteiger partial charge < -0.3 is 9.47 Å². The van der Waals surface area contributed by atoms with Crippen molar-refractivity contribution in [2.45, 2.75) is 26.0 Å². The van der Waals surface area contributed by atoms with Crippen LogP contribution in [0.4, 0.5) is 0 Å². The first-order valence-electron chi connectivity index (χ1n) is 6.11. The summed E-state index contributed by atoms with van der Waals surface area (Å²) in [6, 6.07) is 7.61. The third-order valence-electron chi connectivity index (χ3n) is 2.71. The first kappa shape index (κ1) is 13.3. The lowest BCUT2D eigenvalue weighted by atomic mass is 10.1. The molecule has 19 heavy (non-hydrogen) atoms. The minimum atomic E-state index is -0.422. The van der Waals surface area contributed by atoms with E-state index < -0.39 is 5.97 Å². The van der Waals surface area contributed by atoms with Gasteiger partial charge in [-0.05, 0) is 31.5 Å². The molecule has 0 atom stereocenters. The van der Waals surface area contributed by atoms with Crippen LogP contribution in [-0.4, -0.2) is 24.0 Å². The maximum Gasteiger partial charge on any atom is 0.330 e. The second-order valence-electron chi connectivity index (χ2n) is 5.03. The van der Waals surface area contributed by atoms with Crippen molar-refractivity contribution in [2.75, 3.05) is 6.61 Å². The van der Waals surface area contributed by atoms with Gasteiger partial charge in [0.25, 0.3) is 0 Å². The number of carbonyl (C=O) groups excluding carboxylic acids is 1. The van der Waals surface area contributed by atoms with Crippen molar-refractivity contribution in [1.82, 2.24) is 0 Å². The summed E-state index contributed by atoms with van der Waals surface area (Å²) in [5, 5.41) is 0. The fourth-order valence-corrected chi connectivity index (χ4v) is 1.69. The summed E-state index contributed by atoms with van der Waals surface area (Å²) >= 11 is 0. The number of hydrogen-bond donors (Lipinski definition) is 0. The standard InChI is InChI=1S/C15H17NO3/c1-4-13(17)18-9-11-5-7-12(8-6-11)14-16-15(2,3)10-19-14/h4-8H,1,9-10H2,2-3H3. The molecule has 1 aliphatic heterocycles. The average molecular weight is 259 g/mol. The number of benzene rings is 1. The van der Waals surface area contributed by atoms with Crippen LogP contribution in [0.5, 0.6) is 0 Å². The minimum Gasteiger partial charge on any atom is -0.475 e. The Labute approximate surface area is 112 Å². The Bertz CT molecular complexity index is 515. The summed E-state index contributed by atoms with van der Waals surface area (Å²) < 4.78 is 10.5. The van der Waals surface area contributed by atoms with Gasteiger partial charge in [-0.1, -0.05) is 18.7 Å². The molecule has 4 nitrogen and oxygen atoms in total. The van der Waals surface area contributed by atoms with Crippen molar-refractivity contribution >= 4 is 11.9 Å². The molecule has 1 aromatic carbocycles. The van der Waals surface area contributed by atoms with Gasteiger partial charge in [-0.15, -0.1) is 0 Å². The predicted octanol–water partition coefficient (Wildman–Crippen LogP) is 2.47. The maximum absolute atomic E-state index is 11.0. The Hall–Kier alpha value is -2.10. The minimum absolute atomic E-state index is 0.159. The molecular formula is C15H17NO3. The van der Waals surface area contributed by atoms with Gasteiger partial charge in [-0.3, -0.25) is 0 Å². The zero-order valence-corrected chi connectivity index (χ0v) is 11.2. The number of carbonyl (C=O) groups is 1. The number of rotatable bonds is 4. The van der Waals surface area contributed by atoms with E-state index in [0.29, 0.717) is 12.5 Å². The molecule has 1 aromatic rings. The molecule has 100 valence electrons. The molecule has 0 aromatic heterocycles. The first-order valence-corrected chi connectivity index (χ1v) is 6.11. The normalized spacial score (nSPS) is 16.4. The van der Waals surface area contributed by atoms with E-state index in [2.05, 4.69) is 11.6 Å². The van der Waals surface area contributed by atoms with Crippen molar-refractivity contribution in [2.24, 2.45) is 4.99 Å². The summed E-state index contributed by atoms with van der Waals surface area (Å²) in [4.78, 5) is 15.5. The van der Waals surface area contributed by atoms with Crippen LogP contribution in [0.1, 0.15) is 25.0 Å². The molecule has 1 aliphatic rings. The highest BCUT2D eigenvalue weighted by molar-refractivity contribution is 5.95. The SMILES string of the molecule is C=CC(=O)OCc1ccc(C2=NC(C)(C)CO2)cc1. The number of ether oxygens (including phenoxy) is 2. The zero-order valence-electron chi connectivity index (χ0n) is 11.2. The molecular weight excluding hydrogens is 242 g/mol. The van der Waals surface area contributed by atoms with Gasteiger partial charge in [-0.2, -0.15) is 0 Å². The van der Waals surface area contributed by atoms with Crippen molar-refractivity contribution in [1.29, 1.82) is 0 Å². The number of esters is 1. The molecule has 0 radical (unpaired) electrons. The van der Waals surface area contributed by atoms with Crippen molar-refractivity contribution in [3.63, 3.8) is 0 Å². The van der Waals surface area contributed by atoms with Crippen molar-refractivity contribution < 1.29 is 14.3 Å². The largest absolute Gasteiger partial charge is 0.475 e. The third kappa shape index (κ3) is 3.44. The van der Waals surface area contributed by atoms with Crippen LogP contribution in [0.3, 0.4) is 0 Å². The van der Waals surface area contributed by atoms with E-state index in [4.69, 9.17) is 9.47 Å². The second kappa shape index (κ2) is 5.26. The van der Waals surface area contributed by atoms with Crippen LogP contribution in [0.15, 0.2) is 41.9 Å². The number of aliphatic imine (C=N–C) groups is 1. The predicted molar refractivity (Wildman–Crippen MR) is 73.0 cm³/mol. The van der Waals surface area contributed by atoms with E-state index in [1.165, 1.54) is 0 Å². The van der Waals surface area contributed by atoms with Crippen LogP contribution >= 0.6 is 0 Å². The Morgan fingerprint density at radius 2 is 2.16 bits per heavy atom. The lowest BCUT2D eigenvalue weighted by Gasteiger charge is -2.07. The van der Waals surface area contributed by atoms with E-state index >= 15 is 0 Å². The first-order chi connectivity index (χ1) is 9.00. The molecule has 0 bridgehead atoms. The van der Waals surface area contributed by atoms with Gasteiger partial charge in [0.1, 0.15) is 13.2 Å². The van der Waals surface area contributed by atoms with Crippen molar-refractivity contribution in [3.05, 3.63) is 48.0 Å². The van der Waals surface area contributed by atoms with E-state index in [-0.39, 0.29) is 12.1 Å². The molecule has 0 saturated heterocycles. The summed E-state index contributed by atoms with van der Waals surface area (Å²) in [7, 11) is 0. The van der Waals surface area contributed by atoms with E-state index in [0.717, 1.165) is 17.2 Å². The van der Waals surface area contributed by atoms with Crippen molar-refractivity contribution in [3.8, 4) is 0 Å².